The van der Waals surface area contributed by atoms with Crippen LogP contribution in [0.1, 0.15) is 26.3 Å². The van der Waals surface area contributed by atoms with Crippen LogP contribution in [-0.4, -0.2) is 13.2 Å². The van der Waals surface area contributed by atoms with Gasteiger partial charge in [-0.05, 0) is 5.56 Å². The van der Waals surface area contributed by atoms with E-state index in [1.807, 2.05) is 6.07 Å². The van der Waals surface area contributed by atoms with E-state index in [1.165, 1.54) is 23.3 Å². The molecule has 0 atom stereocenters. The van der Waals surface area contributed by atoms with E-state index in [1.54, 1.807) is 0 Å². The zero-order valence-corrected chi connectivity index (χ0v) is 11.1. The molecule has 0 amide bonds. The number of hydrogen-bond donors (Lipinski definition) is 1. The van der Waals surface area contributed by atoms with Crippen LogP contribution in [0.5, 0.6) is 0 Å². The number of hydrogen-bond acceptors (Lipinski definition) is 1. The Balaban J connectivity index is 3.21. The van der Waals surface area contributed by atoms with Crippen LogP contribution in [0.3, 0.4) is 0 Å². The molecule has 0 bridgehead atoms. The summed E-state index contributed by atoms with van der Waals surface area (Å²) in [5, 5.41) is 10.9. The molecule has 1 nitrogen and oxygen atoms in total. The normalized spacial score (nSPS) is 11.7. The van der Waals surface area contributed by atoms with Gasteiger partial charge in [0.1, 0.15) is 0 Å². The average Bonchev–Trinajstić information content (AvgIpc) is 2.33. The molecule has 0 saturated heterocycles. The van der Waals surface area contributed by atoms with Crippen LogP contribution in [-0.2, 0) is 6.61 Å². The van der Waals surface area contributed by atoms with Gasteiger partial charge in [0.25, 0.3) is 0 Å². The summed E-state index contributed by atoms with van der Waals surface area (Å²) < 4.78 is 0. The third kappa shape index (κ3) is 2.32. The molecule has 15 heavy (non-hydrogen) atoms. The lowest BCUT2D eigenvalue weighted by atomic mass is 10.2. The van der Waals surface area contributed by atoms with Gasteiger partial charge >= 0.3 is 0 Å². The Labute approximate surface area is 94.2 Å². The van der Waals surface area contributed by atoms with Crippen molar-refractivity contribution in [3.63, 3.8) is 0 Å². The van der Waals surface area contributed by atoms with Crippen LogP contribution in [0.4, 0.5) is 0 Å². The van der Waals surface area contributed by atoms with Gasteiger partial charge in [-0.2, -0.15) is 0 Å². The molecule has 1 aromatic carbocycles. The lowest BCUT2D eigenvalue weighted by Crippen LogP contribution is -2.47. The first-order valence-corrected chi connectivity index (χ1v) is 8.55. The van der Waals surface area contributed by atoms with E-state index in [0.717, 1.165) is 5.56 Å². The lowest BCUT2D eigenvalue weighted by molar-refractivity contribution is 0.283. The van der Waals surface area contributed by atoms with Crippen LogP contribution < -0.4 is 5.19 Å². The molecule has 0 aliphatic carbocycles. The zero-order valence-electron chi connectivity index (χ0n) is 10.1. The van der Waals surface area contributed by atoms with Crippen molar-refractivity contribution in [1.82, 2.24) is 0 Å². The van der Waals surface area contributed by atoms with Crippen molar-refractivity contribution in [1.29, 1.82) is 0 Å². The maximum absolute atomic E-state index is 9.39. The minimum absolute atomic E-state index is 0.185. The summed E-state index contributed by atoms with van der Waals surface area (Å²) in [6.07, 6.45) is 0. The van der Waals surface area contributed by atoms with Gasteiger partial charge in [0.15, 0.2) is 0 Å². The molecule has 0 heterocycles. The molecule has 0 aliphatic rings. The van der Waals surface area contributed by atoms with Crippen LogP contribution in [0.25, 0.3) is 0 Å². The Morgan fingerprint density at radius 3 is 2.00 bits per heavy atom. The summed E-state index contributed by atoms with van der Waals surface area (Å²) in [4.78, 5) is 0. The van der Waals surface area contributed by atoms with Crippen molar-refractivity contribution in [2.24, 2.45) is 0 Å². The molecule has 0 aliphatic heterocycles. The van der Waals surface area contributed by atoms with E-state index in [4.69, 9.17) is 0 Å². The number of aliphatic hydroxyl groups excluding tert-OH is 1. The topological polar surface area (TPSA) is 20.2 Å². The molecule has 0 fully saturated rings. The highest BCUT2D eigenvalue weighted by molar-refractivity contribution is 6.92. The second-order valence-corrected chi connectivity index (χ2v) is 9.38. The van der Waals surface area contributed by atoms with Gasteiger partial charge in [0, 0.05) is 0 Å². The number of aliphatic hydroxyl groups is 1. The summed E-state index contributed by atoms with van der Waals surface area (Å²) >= 11 is 0. The largest absolute Gasteiger partial charge is 0.392 e. The third-order valence-electron chi connectivity index (χ3n) is 3.79. The highest BCUT2D eigenvalue weighted by Gasteiger charge is 2.30. The fraction of sp³-hybridized carbons (Fsp3) is 0.538. The van der Waals surface area contributed by atoms with Crippen molar-refractivity contribution >= 4 is 13.3 Å². The molecule has 0 aromatic heterocycles. The first-order valence-electron chi connectivity index (χ1n) is 5.93. The summed E-state index contributed by atoms with van der Waals surface area (Å²) in [5.74, 6) is 0. The van der Waals surface area contributed by atoms with Crippen molar-refractivity contribution in [2.75, 3.05) is 0 Å². The average molecular weight is 222 g/mol. The van der Waals surface area contributed by atoms with E-state index in [2.05, 4.69) is 39.0 Å². The molecule has 1 rings (SSSR count). The Hall–Kier alpha value is -0.603. The first-order chi connectivity index (χ1) is 7.24. The van der Waals surface area contributed by atoms with E-state index < -0.39 is 8.07 Å². The van der Waals surface area contributed by atoms with Crippen molar-refractivity contribution in [3.8, 4) is 0 Å². The molecule has 84 valence electrons. The molecule has 0 saturated carbocycles. The summed E-state index contributed by atoms with van der Waals surface area (Å²) in [6, 6.07) is 12.3. The lowest BCUT2D eigenvalue weighted by Gasteiger charge is -2.30. The van der Waals surface area contributed by atoms with Gasteiger partial charge in [0.2, 0.25) is 0 Å². The van der Waals surface area contributed by atoms with Gasteiger partial charge in [-0.1, -0.05) is 68.4 Å². The standard InChI is InChI=1S/C13H22OSi/c1-4-15(5-2,6-3)13-10-8-7-9-12(13)11-14/h7-10,14H,4-6,11H2,1-3H3. The van der Waals surface area contributed by atoms with E-state index in [0.29, 0.717) is 0 Å². The van der Waals surface area contributed by atoms with Crippen LogP contribution in [0.15, 0.2) is 24.3 Å². The van der Waals surface area contributed by atoms with Gasteiger partial charge in [0.05, 0.1) is 14.7 Å². The Morgan fingerprint density at radius 1 is 1.00 bits per heavy atom. The molecule has 0 radical (unpaired) electrons. The van der Waals surface area contributed by atoms with Gasteiger partial charge < -0.3 is 5.11 Å². The minimum Gasteiger partial charge on any atom is -0.392 e. The Kier molecular flexibility index (Phi) is 4.55. The fourth-order valence-electron chi connectivity index (χ4n) is 2.50. The fourth-order valence-corrected chi connectivity index (χ4v) is 6.43. The Bertz CT molecular complexity index is 297. The molecule has 1 N–H and O–H groups in total. The summed E-state index contributed by atoms with van der Waals surface area (Å²) in [5.41, 5.74) is 1.15. The highest BCUT2D eigenvalue weighted by atomic mass is 28.3. The Morgan fingerprint density at radius 2 is 1.53 bits per heavy atom. The second-order valence-electron chi connectivity index (χ2n) is 4.16. The highest BCUT2D eigenvalue weighted by Crippen LogP contribution is 2.21. The maximum atomic E-state index is 9.39. The van der Waals surface area contributed by atoms with Crippen LogP contribution >= 0.6 is 0 Å². The van der Waals surface area contributed by atoms with Gasteiger partial charge in [-0.3, -0.25) is 0 Å². The van der Waals surface area contributed by atoms with E-state index >= 15 is 0 Å². The first kappa shape index (κ1) is 12.5. The monoisotopic (exact) mass is 222 g/mol. The SMILES string of the molecule is CC[Si](CC)(CC)c1ccccc1CO. The van der Waals surface area contributed by atoms with Gasteiger partial charge in [-0.15, -0.1) is 0 Å². The molecule has 2 heteroatoms. The van der Waals surface area contributed by atoms with Gasteiger partial charge in [-0.25, -0.2) is 0 Å². The number of rotatable bonds is 5. The quantitative estimate of drug-likeness (QED) is 0.760. The molecule has 0 spiro atoms. The number of benzene rings is 1. The predicted molar refractivity (Wildman–Crippen MR) is 69.2 cm³/mol. The van der Waals surface area contributed by atoms with Crippen molar-refractivity contribution in [3.05, 3.63) is 29.8 Å². The zero-order chi connectivity index (χ0) is 11.3. The molecule has 1 aromatic rings. The summed E-state index contributed by atoms with van der Waals surface area (Å²) in [6.45, 7) is 7.08. The molecule has 0 unspecified atom stereocenters. The van der Waals surface area contributed by atoms with E-state index in [-0.39, 0.29) is 6.61 Å². The summed E-state index contributed by atoms with van der Waals surface area (Å²) in [7, 11) is -1.32. The third-order valence-corrected chi connectivity index (χ3v) is 9.48. The van der Waals surface area contributed by atoms with E-state index in [9.17, 15) is 5.11 Å². The molecular weight excluding hydrogens is 200 g/mol. The smallest absolute Gasteiger partial charge is 0.0863 e. The van der Waals surface area contributed by atoms with Crippen LogP contribution in [0, 0.1) is 0 Å². The maximum Gasteiger partial charge on any atom is 0.0863 e. The van der Waals surface area contributed by atoms with Crippen molar-refractivity contribution in [2.45, 2.75) is 45.5 Å². The predicted octanol–water partition coefficient (Wildman–Crippen LogP) is 2.89. The minimum atomic E-state index is -1.32. The molecular formula is C13H22OSi. The van der Waals surface area contributed by atoms with Crippen molar-refractivity contribution < 1.29 is 5.11 Å². The van der Waals surface area contributed by atoms with Crippen LogP contribution in [0.2, 0.25) is 18.1 Å². The second kappa shape index (κ2) is 5.47.